The Morgan fingerprint density at radius 3 is 2.39 bits per heavy atom. The van der Waals surface area contributed by atoms with Crippen LogP contribution in [-0.2, 0) is 20.5 Å². The van der Waals surface area contributed by atoms with Crippen molar-refractivity contribution in [1.29, 1.82) is 0 Å². The maximum atomic E-state index is 12.8. The zero-order chi connectivity index (χ0) is 24.5. The second kappa shape index (κ2) is 11.5. The van der Waals surface area contributed by atoms with Gasteiger partial charge in [-0.25, -0.2) is 4.79 Å². The highest BCUT2D eigenvalue weighted by Gasteiger charge is 2.30. The van der Waals surface area contributed by atoms with Crippen LogP contribution in [0.4, 0.5) is 18.9 Å². The van der Waals surface area contributed by atoms with E-state index in [4.69, 9.17) is 9.47 Å². The minimum atomic E-state index is -4.42. The third-order valence-electron chi connectivity index (χ3n) is 4.86. The normalized spacial score (nSPS) is 11.9. The lowest BCUT2D eigenvalue weighted by Gasteiger charge is -2.23. The lowest BCUT2D eigenvalue weighted by Crippen LogP contribution is -2.31. The molecule has 0 aliphatic rings. The smallest absolute Gasteiger partial charge is 0.416 e. The van der Waals surface area contributed by atoms with E-state index in [0.717, 1.165) is 17.7 Å². The van der Waals surface area contributed by atoms with E-state index in [1.807, 2.05) is 0 Å². The fourth-order valence-electron chi connectivity index (χ4n) is 2.91. The fraction of sp³-hybridized carbons (Fsp3) is 0.360. The molecule has 0 unspecified atom stereocenters. The number of benzene rings is 2. The minimum absolute atomic E-state index is 0.143. The van der Waals surface area contributed by atoms with Crippen LogP contribution in [0.2, 0.25) is 0 Å². The molecule has 0 radical (unpaired) electrons. The summed E-state index contributed by atoms with van der Waals surface area (Å²) in [6.07, 6.45) is -0.485. The zero-order valence-corrected chi connectivity index (χ0v) is 18.9. The van der Waals surface area contributed by atoms with Gasteiger partial charge in [-0.1, -0.05) is 32.0 Å². The Morgan fingerprint density at radius 1 is 1.06 bits per heavy atom. The van der Waals surface area contributed by atoms with Gasteiger partial charge >= 0.3 is 12.1 Å². The van der Waals surface area contributed by atoms with E-state index >= 15 is 0 Å². The maximum Gasteiger partial charge on any atom is 0.416 e. The SMILES string of the molecule is CCOC(=O)/C=C/c1ccc(NC(=O)C(C)(C)CCCOc2cccc(C(F)(F)F)c2)cc1. The van der Waals surface area contributed by atoms with Gasteiger partial charge in [-0.15, -0.1) is 0 Å². The number of carbonyl (C=O) groups is 2. The molecule has 0 fully saturated rings. The van der Waals surface area contributed by atoms with Crippen LogP contribution < -0.4 is 10.1 Å². The van der Waals surface area contributed by atoms with Gasteiger partial charge in [0.15, 0.2) is 0 Å². The van der Waals surface area contributed by atoms with Gasteiger partial charge in [0.25, 0.3) is 0 Å². The van der Waals surface area contributed by atoms with E-state index in [2.05, 4.69) is 5.32 Å². The summed E-state index contributed by atoms with van der Waals surface area (Å²) >= 11 is 0. The number of amides is 1. The van der Waals surface area contributed by atoms with Crippen molar-refractivity contribution in [1.82, 2.24) is 0 Å². The summed E-state index contributed by atoms with van der Waals surface area (Å²) in [5, 5.41) is 2.86. The molecule has 0 bridgehead atoms. The van der Waals surface area contributed by atoms with Gasteiger partial charge in [0, 0.05) is 17.2 Å². The Kier molecular flexibility index (Phi) is 9.08. The molecule has 8 heteroatoms. The van der Waals surface area contributed by atoms with Gasteiger partial charge in [0.05, 0.1) is 18.8 Å². The first-order valence-electron chi connectivity index (χ1n) is 10.6. The molecule has 5 nitrogen and oxygen atoms in total. The van der Waals surface area contributed by atoms with Crippen LogP contribution in [-0.4, -0.2) is 25.1 Å². The Morgan fingerprint density at radius 2 is 1.76 bits per heavy atom. The second-order valence-electron chi connectivity index (χ2n) is 8.02. The van der Waals surface area contributed by atoms with Gasteiger partial charge in [-0.05, 0) is 61.7 Å². The van der Waals surface area contributed by atoms with E-state index in [0.29, 0.717) is 25.1 Å². The summed E-state index contributed by atoms with van der Waals surface area (Å²) < 4.78 is 48.6. The molecule has 0 aromatic heterocycles. The second-order valence-corrected chi connectivity index (χ2v) is 8.02. The molecule has 1 N–H and O–H groups in total. The summed E-state index contributed by atoms with van der Waals surface area (Å²) in [4.78, 5) is 24.0. The highest BCUT2D eigenvalue weighted by atomic mass is 19.4. The largest absolute Gasteiger partial charge is 0.494 e. The van der Waals surface area contributed by atoms with Crippen LogP contribution in [0.1, 0.15) is 44.7 Å². The monoisotopic (exact) mass is 463 g/mol. The molecular weight excluding hydrogens is 435 g/mol. The highest BCUT2D eigenvalue weighted by molar-refractivity contribution is 5.95. The van der Waals surface area contributed by atoms with Gasteiger partial charge in [0.2, 0.25) is 5.91 Å². The summed E-state index contributed by atoms with van der Waals surface area (Å²) in [6.45, 7) is 5.82. The molecule has 0 aliphatic carbocycles. The molecule has 0 heterocycles. The first-order chi connectivity index (χ1) is 15.5. The third-order valence-corrected chi connectivity index (χ3v) is 4.86. The number of ether oxygens (including phenoxy) is 2. The van der Waals surface area contributed by atoms with E-state index in [-0.39, 0.29) is 18.3 Å². The molecule has 2 aromatic rings. The number of carbonyl (C=O) groups excluding carboxylic acids is 2. The van der Waals surface area contributed by atoms with Crippen molar-refractivity contribution in [2.75, 3.05) is 18.5 Å². The number of halogens is 3. The van der Waals surface area contributed by atoms with E-state index in [1.165, 1.54) is 18.2 Å². The molecule has 0 spiro atoms. The number of hydrogen-bond donors (Lipinski definition) is 1. The first-order valence-corrected chi connectivity index (χ1v) is 10.6. The van der Waals surface area contributed by atoms with Gasteiger partial charge in [-0.2, -0.15) is 13.2 Å². The molecule has 0 saturated heterocycles. The number of anilines is 1. The quantitative estimate of drug-likeness (QED) is 0.262. The molecule has 2 rings (SSSR count). The van der Waals surface area contributed by atoms with Crippen molar-refractivity contribution in [3.63, 3.8) is 0 Å². The Balaban J connectivity index is 1.83. The summed E-state index contributed by atoms with van der Waals surface area (Å²) in [5.74, 6) is -0.464. The van der Waals surface area contributed by atoms with Crippen LogP contribution >= 0.6 is 0 Å². The molecule has 0 atom stereocenters. The Bertz CT molecular complexity index is 966. The van der Waals surface area contributed by atoms with Crippen LogP contribution in [0, 0.1) is 5.41 Å². The van der Waals surface area contributed by atoms with Crippen molar-refractivity contribution in [3.05, 3.63) is 65.7 Å². The number of esters is 1. The average Bonchev–Trinajstić information content (AvgIpc) is 2.76. The van der Waals surface area contributed by atoms with E-state index < -0.39 is 23.1 Å². The van der Waals surface area contributed by atoms with Crippen LogP contribution in [0.5, 0.6) is 5.75 Å². The number of alkyl halides is 3. The molecule has 1 amide bonds. The van der Waals surface area contributed by atoms with Crippen molar-refractivity contribution >= 4 is 23.6 Å². The lowest BCUT2D eigenvalue weighted by molar-refractivity contribution is -0.138. The fourth-order valence-corrected chi connectivity index (χ4v) is 2.91. The molecule has 33 heavy (non-hydrogen) atoms. The molecule has 2 aromatic carbocycles. The van der Waals surface area contributed by atoms with Crippen LogP contribution in [0.25, 0.3) is 6.08 Å². The van der Waals surface area contributed by atoms with Gasteiger partial charge in [0.1, 0.15) is 5.75 Å². The van der Waals surface area contributed by atoms with Gasteiger partial charge in [-0.3, -0.25) is 4.79 Å². The summed E-state index contributed by atoms with van der Waals surface area (Å²) in [5.41, 5.74) is -0.0737. The minimum Gasteiger partial charge on any atom is -0.494 e. The number of nitrogens with one attached hydrogen (secondary N) is 1. The molecular formula is C25H28F3NO4. The standard InChI is InChI=1S/C25H28F3NO4/c1-4-32-22(30)14-11-18-9-12-20(13-10-18)29-23(31)24(2,3)15-6-16-33-21-8-5-7-19(17-21)25(26,27)28/h5,7-14,17H,4,6,15-16H2,1-3H3,(H,29,31)/b14-11+. The maximum absolute atomic E-state index is 12.8. The molecule has 0 saturated carbocycles. The van der Waals surface area contributed by atoms with Crippen LogP contribution in [0.15, 0.2) is 54.6 Å². The van der Waals surface area contributed by atoms with E-state index in [9.17, 15) is 22.8 Å². The first kappa shape index (κ1) is 26.0. The van der Waals surface area contributed by atoms with Crippen molar-refractivity contribution < 1.29 is 32.2 Å². The molecule has 178 valence electrons. The summed E-state index contributed by atoms with van der Waals surface area (Å²) in [7, 11) is 0. The predicted molar refractivity (Wildman–Crippen MR) is 121 cm³/mol. The predicted octanol–water partition coefficient (Wildman–Crippen LogP) is 6.11. The van der Waals surface area contributed by atoms with Crippen molar-refractivity contribution in [2.24, 2.45) is 5.41 Å². The number of rotatable bonds is 10. The third kappa shape index (κ3) is 8.63. The van der Waals surface area contributed by atoms with E-state index in [1.54, 1.807) is 51.1 Å². The highest BCUT2D eigenvalue weighted by Crippen LogP contribution is 2.31. The average molecular weight is 463 g/mol. The lowest BCUT2D eigenvalue weighted by atomic mass is 9.87. The Labute approximate surface area is 191 Å². The van der Waals surface area contributed by atoms with Gasteiger partial charge < -0.3 is 14.8 Å². The van der Waals surface area contributed by atoms with Crippen LogP contribution in [0.3, 0.4) is 0 Å². The van der Waals surface area contributed by atoms with Crippen molar-refractivity contribution in [2.45, 2.75) is 39.8 Å². The topological polar surface area (TPSA) is 64.6 Å². The summed E-state index contributed by atoms with van der Waals surface area (Å²) in [6, 6.07) is 11.7. The van der Waals surface area contributed by atoms with Crippen molar-refractivity contribution in [3.8, 4) is 5.75 Å². The zero-order valence-electron chi connectivity index (χ0n) is 18.9. The molecule has 0 aliphatic heterocycles. The Hall–Kier alpha value is -3.29. The number of hydrogen-bond acceptors (Lipinski definition) is 4.